The summed E-state index contributed by atoms with van der Waals surface area (Å²) in [7, 11) is 1.91. The van der Waals surface area contributed by atoms with Crippen LogP contribution in [0, 0.1) is 0 Å². The lowest BCUT2D eigenvalue weighted by Crippen LogP contribution is -2.01. The van der Waals surface area contributed by atoms with Gasteiger partial charge in [-0.25, -0.2) is 0 Å². The van der Waals surface area contributed by atoms with Gasteiger partial charge in [-0.15, -0.1) is 10.2 Å². The van der Waals surface area contributed by atoms with E-state index in [0.29, 0.717) is 13.0 Å². The van der Waals surface area contributed by atoms with E-state index in [0.717, 1.165) is 43.4 Å². The van der Waals surface area contributed by atoms with Gasteiger partial charge in [-0.3, -0.25) is 9.67 Å². The van der Waals surface area contributed by atoms with Gasteiger partial charge in [0.15, 0.2) is 5.82 Å². The lowest BCUT2D eigenvalue weighted by atomic mass is 10.0. The molecule has 0 unspecified atom stereocenters. The van der Waals surface area contributed by atoms with Crippen LogP contribution in [0.5, 0.6) is 0 Å². The molecule has 9 heteroatoms. The topological polar surface area (TPSA) is 99.8 Å². The second-order valence-electron chi connectivity index (χ2n) is 6.34. The molecule has 1 aromatic carbocycles. The molecule has 27 heavy (non-hydrogen) atoms. The molecule has 0 aliphatic rings. The van der Waals surface area contributed by atoms with E-state index in [-0.39, 0.29) is 0 Å². The SMILES string of the molecule is Cn1cc(-c2cnc3ccc(Cc4nnc5sc(CN)nn45)cc3c2)cn1. The smallest absolute Gasteiger partial charge is 0.234 e. The second-order valence-corrected chi connectivity index (χ2v) is 7.38. The minimum absolute atomic E-state index is 0.409. The maximum Gasteiger partial charge on any atom is 0.234 e. The predicted octanol–water partition coefficient (Wildman–Crippen LogP) is 2.18. The van der Waals surface area contributed by atoms with E-state index < -0.39 is 0 Å². The Morgan fingerprint density at radius 2 is 2.04 bits per heavy atom. The molecule has 5 aromatic rings. The first-order valence-electron chi connectivity index (χ1n) is 8.47. The molecule has 0 radical (unpaired) electrons. The fourth-order valence-electron chi connectivity index (χ4n) is 3.09. The van der Waals surface area contributed by atoms with Crippen LogP contribution in [0.4, 0.5) is 0 Å². The number of nitrogens with zero attached hydrogens (tertiary/aromatic N) is 7. The first-order chi connectivity index (χ1) is 13.2. The van der Waals surface area contributed by atoms with E-state index in [1.54, 1.807) is 9.20 Å². The van der Waals surface area contributed by atoms with Crippen molar-refractivity contribution in [2.45, 2.75) is 13.0 Å². The van der Waals surface area contributed by atoms with Crippen LogP contribution in [-0.2, 0) is 20.0 Å². The molecule has 0 bridgehead atoms. The Balaban J connectivity index is 1.51. The highest BCUT2D eigenvalue weighted by Crippen LogP contribution is 2.24. The highest BCUT2D eigenvalue weighted by atomic mass is 32.1. The Morgan fingerprint density at radius 1 is 1.11 bits per heavy atom. The number of aromatic nitrogens is 7. The Morgan fingerprint density at radius 3 is 2.85 bits per heavy atom. The summed E-state index contributed by atoms with van der Waals surface area (Å²) >= 11 is 1.47. The van der Waals surface area contributed by atoms with Gasteiger partial charge < -0.3 is 5.73 Å². The number of fused-ring (bicyclic) bond motifs is 2. The van der Waals surface area contributed by atoms with Crippen LogP contribution in [0.3, 0.4) is 0 Å². The maximum atomic E-state index is 5.67. The standard InChI is InChI=1S/C18H16N8S/c1-25-10-14(9-21-25)13-6-12-4-11(2-3-15(12)20-8-13)5-16-22-23-18-26(16)24-17(7-19)27-18/h2-4,6,8-10H,5,7,19H2,1H3. The number of pyridine rings is 1. The van der Waals surface area contributed by atoms with Crippen molar-refractivity contribution in [1.29, 1.82) is 0 Å². The van der Waals surface area contributed by atoms with Crippen LogP contribution >= 0.6 is 11.3 Å². The van der Waals surface area contributed by atoms with Crippen molar-refractivity contribution in [3.8, 4) is 11.1 Å². The summed E-state index contributed by atoms with van der Waals surface area (Å²) in [6.07, 6.45) is 6.35. The minimum atomic E-state index is 0.409. The van der Waals surface area contributed by atoms with Gasteiger partial charge in [0.05, 0.1) is 11.7 Å². The molecule has 0 atom stereocenters. The number of benzene rings is 1. The summed E-state index contributed by atoms with van der Waals surface area (Å²) in [4.78, 5) is 5.34. The van der Waals surface area contributed by atoms with Gasteiger partial charge in [-0.1, -0.05) is 17.4 Å². The zero-order valence-corrected chi connectivity index (χ0v) is 15.4. The van der Waals surface area contributed by atoms with Crippen molar-refractivity contribution in [2.24, 2.45) is 12.8 Å². The number of hydrogen-bond acceptors (Lipinski definition) is 7. The number of hydrogen-bond donors (Lipinski definition) is 1. The van der Waals surface area contributed by atoms with Crippen molar-refractivity contribution in [3.05, 3.63) is 59.3 Å². The lowest BCUT2D eigenvalue weighted by molar-refractivity contribution is 0.768. The molecule has 0 saturated carbocycles. The van der Waals surface area contributed by atoms with Gasteiger partial charge in [0.25, 0.3) is 0 Å². The fraction of sp³-hybridized carbons (Fsp3) is 0.167. The predicted molar refractivity (Wildman–Crippen MR) is 103 cm³/mol. The third kappa shape index (κ3) is 2.86. The molecular weight excluding hydrogens is 360 g/mol. The van der Waals surface area contributed by atoms with E-state index in [1.807, 2.05) is 31.7 Å². The van der Waals surface area contributed by atoms with Crippen molar-refractivity contribution in [1.82, 2.24) is 34.6 Å². The van der Waals surface area contributed by atoms with Crippen LogP contribution < -0.4 is 5.73 Å². The monoisotopic (exact) mass is 376 g/mol. The first-order valence-corrected chi connectivity index (χ1v) is 9.29. The molecule has 2 N–H and O–H groups in total. The molecule has 5 rings (SSSR count). The highest BCUT2D eigenvalue weighted by molar-refractivity contribution is 7.16. The minimum Gasteiger partial charge on any atom is -0.324 e. The normalized spacial score (nSPS) is 11.6. The highest BCUT2D eigenvalue weighted by Gasteiger charge is 2.12. The zero-order chi connectivity index (χ0) is 18.4. The fourth-order valence-corrected chi connectivity index (χ4v) is 3.82. The van der Waals surface area contributed by atoms with Gasteiger partial charge in [0, 0.05) is 48.9 Å². The van der Waals surface area contributed by atoms with E-state index in [2.05, 4.69) is 43.6 Å². The molecule has 4 heterocycles. The molecule has 0 aliphatic heterocycles. The van der Waals surface area contributed by atoms with Gasteiger partial charge in [-0.05, 0) is 23.8 Å². The third-order valence-corrected chi connectivity index (χ3v) is 5.34. The zero-order valence-electron chi connectivity index (χ0n) is 14.6. The Kier molecular flexibility index (Phi) is 3.69. The van der Waals surface area contributed by atoms with Crippen molar-refractivity contribution in [2.75, 3.05) is 0 Å². The summed E-state index contributed by atoms with van der Waals surface area (Å²) in [5.41, 5.74) is 9.85. The van der Waals surface area contributed by atoms with E-state index >= 15 is 0 Å². The summed E-state index contributed by atoms with van der Waals surface area (Å²) in [5.74, 6) is 0.802. The summed E-state index contributed by atoms with van der Waals surface area (Å²) < 4.78 is 3.57. The molecule has 8 nitrogen and oxygen atoms in total. The summed E-state index contributed by atoms with van der Waals surface area (Å²) in [5, 5.41) is 19.1. The van der Waals surface area contributed by atoms with E-state index in [9.17, 15) is 0 Å². The number of rotatable bonds is 4. The maximum absolute atomic E-state index is 5.67. The van der Waals surface area contributed by atoms with E-state index in [1.165, 1.54) is 11.3 Å². The summed E-state index contributed by atoms with van der Waals surface area (Å²) in [6, 6.07) is 8.37. The molecule has 0 amide bonds. The molecule has 134 valence electrons. The Labute approximate surface area is 158 Å². The molecule has 0 fully saturated rings. The Bertz CT molecular complexity index is 1270. The molecule has 0 aliphatic carbocycles. The van der Waals surface area contributed by atoms with Crippen LogP contribution in [0.2, 0.25) is 0 Å². The second kappa shape index (κ2) is 6.22. The first kappa shape index (κ1) is 16.0. The van der Waals surface area contributed by atoms with Crippen molar-refractivity contribution < 1.29 is 0 Å². The number of nitrogens with two attached hydrogens (primary N) is 1. The third-order valence-electron chi connectivity index (χ3n) is 4.42. The largest absolute Gasteiger partial charge is 0.324 e. The Hall–Kier alpha value is -3.17. The number of aryl methyl sites for hydroxylation is 1. The molecule has 4 aromatic heterocycles. The van der Waals surface area contributed by atoms with Crippen LogP contribution in [0.1, 0.15) is 16.4 Å². The van der Waals surface area contributed by atoms with Crippen LogP contribution in [0.25, 0.3) is 27.0 Å². The quantitative estimate of drug-likeness (QED) is 0.516. The molecule has 0 saturated heterocycles. The van der Waals surface area contributed by atoms with Gasteiger partial charge in [-0.2, -0.15) is 14.7 Å². The van der Waals surface area contributed by atoms with Crippen molar-refractivity contribution >= 4 is 27.2 Å². The van der Waals surface area contributed by atoms with Gasteiger partial charge in [0.2, 0.25) is 4.96 Å². The van der Waals surface area contributed by atoms with Crippen molar-refractivity contribution in [3.63, 3.8) is 0 Å². The molecular formula is C18H16N8S. The van der Waals surface area contributed by atoms with Gasteiger partial charge in [0.1, 0.15) is 5.01 Å². The van der Waals surface area contributed by atoms with Crippen LogP contribution in [-0.4, -0.2) is 34.6 Å². The molecule has 0 spiro atoms. The summed E-state index contributed by atoms with van der Waals surface area (Å²) in [6.45, 7) is 0.409. The van der Waals surface area contributed by atoms with Gasteiger partial charge >= 0.3 is 0 Å². The lowest BCUT2D eigenvalue weighted by Gasteiger charge is -2.04. The van der Waals surface area contributed by atoms with E-state index in [4.69, 9.17) is 5.73 Å². The average Bonchev–Trinajstić information content (AvgIpc) is 3.38. The average molecular weight is 376 g/mol. The van der Waals surface area contributed by atoms with Crippen LogP contribution in [0.15, 0.2) is 42.9 Å².